The number of hydrogen-bond donors (Lipinski definition) is 1. The molecule has 2 aromatic heterocycles. The minimum atomic E-state index is -0.491. The van der Waals surface area contributed by atoms with E-state index in [2.05, 4.69) is 20.1 Å². The largest absolute Gasteiger partial charge is 0.462 e. The quantitative estimate of drug-likeness (QED) is 0.357. The van der Waals surface area contributed by atoms with E-state index in [1.165, 1.54) is 29.5 Å². The van der Waals surface area contributed by atoms with Crippen LogP contribution in [0.25, 0.3) is 11.1 Å². The van der Waals surface area contributed by atoms with E-state index in [-0.39, 0.29) is 18.3 Å². The first-order valence-electron chi connectivity index (χ1n) is 10.5. The molecule has 3 heterocycles. The van der Waals surface area contributed by atoms with Crippen LogP contribution in [0.3, 0.4) is 0 Å². The number of thioether (sulfide) groups is 1. The zero-order chi connectivity index (χ0) is 22.5. The third-order valence-electron chi connectivity index (χ3n) is 5.10. The number of ether oxygens (including phenoxy) is 1. The summed E-state index contributed by atoms with van der Waals surface area (Å²) in [6.45, 7) is 2.86. The Bertz CT molecular complexity index is 1130. The average Bonchev–Trinajstić information content (AvgIpc) is 3.28. The smallest absolute Gasteiger partial charge is 0.341 e. The topological polar surface area (TPSA) is 86.1 Å². The summed E-state index contributed by atoms with van der Waals surface area (Å²) in [6.07, 6.45) is 4.30. The molecular weight excluding hydrogens is 468 g/mol. The van der Waals surface area contributed by atoms with Crippen molar-refractivity contribution in [1.82, 2.24) is 14.8 Å². The van der Waals surface area contributed by atoms with E-state index in [9.17, 15) is 9.59 Å². The first-order chi connectivity index (χ1) is 15.6. The Balaban J connectivity index is 1.51. The molecule has 0 unspecified atom stereocenters. The van der Waals surface area contributed by atoms with Crippen molar-refractivity contribution in [2.75, 3.05) is 17.7 Å². The van der Waals surface area contributed by atoms with Crippen molar-refractivity contribution in [3.8, 4) is 11.1 Å². The van der Waals surface area contributed by atoms with Crippen LogP contribution in [-0.2, 0) is 22.5 Å². The van der Waals surface area contributed by atoms with Gasteiger partial charge in [0.05, 0.1) is 12.4 Å². The summed E-state index contributed by atoms with van der Waals surface area (Å²) in [5.41, 5.74) is 1.68. The molecule has 168 valence electrons. The number of hydrogen-bond acceptors (Lipinski definition) is 7. The van der Waals surface area contributed by atoms with Crippen molar-refractivity contribution in [1.29, 1.82) is 0 Å². The lowest BCUT2D eigenvalue weighted by Gasteiger charge is -2.10. The van der Waals surface area contributed by atoms with Crippen molar-refractivity contribution < 1.29 is 14.3 Å². The molecule has 0 bridgehead atoms. The number of aromatic nitrogens is 3. The molecule has 4 rings (SSSR count). The van der Waals surface area contributed by atoms with Gasteiger partial charge in [-0.05, 0) is 25.8 Å². The molecule has 1 aromatic carbocycles. The number of aryl methyl sites for hydroxylation is 1. The van der Waals surface area contributed by atoms with Gasteiger partial charge in [0.25, 0.3) is 0 Å². The van der Waals surface area contributed by atoms with Gasteiger partial charge >= 0.3 is 5.97 Å². The molecule has 1 aliphatic heterocycles. The number of esters is 1. The van der Waals surface area contributed by atoms with Crippen molar-refractivity contribution in [2.24, 2.45) is 0 Å². The van der Waals surface area contributed by atoms with E-state index in [0.29, 0.717) is 21.2 Å². The fourth-order valence-electron chi connectivity index (χ4n) is 3.59. The van der Waals surface area contributed by atoms with Gasteiger partial charge in [-0.15, -0.1) is 21.5 Å². The zero-order valence-electron chi connectivity index (χ0n) is 17.6. The standard InChI is InChI=1S/C22H23ClN4O3S2/c1-2-30-21(29)19-15(14-8-5-6-9-16(14)23)12-31-20(19)24-18(28)13-32-22-26-25-17-10-4-3-7-11-27(17)22/h5-6,8-9,12H,2-4,7,10-11,13H2,1H3,(H,24,28). The lowest BCUT2D eigenvalue weighted by molar-refractivity contribution is -0.113. The van der Waals surface area contributed by atoms with Crippen molar-refractivity contribution in [2.45, 2.75) is 44.3 Å². The van der Waals surface area contributed by atoms with Crippen molar-refractivity contribution >= 4 is 51.6 Å². The Hall–Kier alpha value is -2.36. The average molecular weight is 491 g/mol. The number of carbonyl (C=O) groups excluding carboxylic acids is 2. The fraction of sp³-hybridized carbons (Fsp3) is 0.364. The fourth-order valence-corrected chi connectivity index (χ4v) is 5.58. The second-order valence-electron chi connectivity index (χ2n) is 7.25. The second kappa shape index (κ2) is 10.5. The number of carbonyl (C=O) groups is 2. The van der Waals surface area contributed by atoms with Crippen LogP contribution in [0.2, 0.25) is 5.02 Å². The van der Waals surface area contributed by atoms with Gasteiger partial charge in [0, 0.05) is 34.5 Å². The number of thiophene rings is 1. The van der Waals surface area contributed by atoms with E-state index in [1.807, 2.05) is 23.6 Å². The Morgan fingerprint density at radius 2 is 2.06 bits per heavy atom. The lowest BCUT2D eigenvalue weighted by atomic mass is 10.0. The molecule has 1 amide bonds. The summed E-state index contributed by atoms with van der Waals surface area (Å²) < 4.78 is 7.36. The highest BCUT2D eigenvalue weighted by atomic mass is 35.5. The van der Waals surface area contributed by atoms with Crippen LogP contribution in [0.1, 0.15) is 42.4 Å². The van der Waals surface area contributed by atoms with Gasteiger partial charge in [0.1, 0.15) is 16.4 Å². The normalized spacial score (nSPS) is 13.3. The van der Waals surface area contributed by atoms with Gasteiger partial charge in [-0.2, -0.15) is 0 Å². The molecule has 0 radical (unpaired) electrons. The number of fused-ring (bicyclic) bond motifs is 1. The number of anilines is 1. The molecule has 10 heteroatoms. The summed E-state index contributed by atoms with van der Waals surface area (Å²) in [5, 5.41) is 14.9. The maximum atomic E-state index is 12.7. The van der Waals surface area contributed by atoms with Crippen LogP contribution in [0.4, 0.5) is 5.00 Å². The van der Waals surface area contributed by atoms with E-state index < -0.39 is 5.97 Å². The number of nitrogens with one attached hydrogen (secondary N) is 1. The molecule has 0 saturated carbocycles. The number of benzene rings is 1. The van der Waals surface area contributed by atoms with E-state index in [1.54, 1.807) is 13.0 Å². The molecule has 1 aliphatic rings. The predicted octanol–water partition coefficient (Wildman–Crippen LogP) is 5.29. The molecule has 0 fully saturated rings. The minimum Gasteiger partial charge on any atom is -0.462 e. The third kappa shape index (κ3) is 5.00. The Morgan fingerprint density at radius 3 is 2.88 bits per heavy atom. The number of rotatable bonds is 7. The molecule has 32 heavy (non-hydrogen) atoms. The number of amides is 1. The lowest BCUT2D eigenvalue weighted by Crippen LogP contribution is -2.17. The summed E-state index contributed by atoms with van der Waals surface area (Å²) in [6, 6.07) is 7.28. The van der Waals surface area contributed by atoms with E-state index in [0.717, 1.165) is 42.4 Å². The van der Waals surface area contributed by atoms with Gasteiger partial charge < -0.3 is 14.6 Å². The molecule has 1 N–H and O–H groups in total. The summed E-state index contributed by atoms with van der Waals surface area (Å²) >= 11 is 8.98. The third-order valence-corrected chi connectivity index (χ3v) is 7.29. The number of halogens is 1. The predicted molar refractivity (Wildman–Crippen MR) is 128 cm³/mol. The van der Waals surface area contributed by atoms with Crippen molar-refractivity contribution in [3.63, 3.8) is 0 Å². The maximum Gasteiger partial charge on any atom is 0.341 e. The van der Waals surface area contributed by atoms with Gasteiger partial charge in [-0.25, -0.2) is 4.79 Å². The van der Waals surface area contributed by atoms with Gasteiger partial charge in [-0.3, -0.25) is 4.79 Å². The highest BCUT2D eigenvalue weighted by Gasteiger charge is 2.24. The van der Waals surface area contributed by atoms with Crippen LogP contribution in [0, 0.1) is 0 Å². The minimum absolute atomic E-state index is 0.166. The van der Waals surface area contributed by atoms with Crippen molar-refractivity contribution in [3.05, 3.63) is 46.1 Å². The molecular formula is C22H23ClN4O3S2. The Morgan fingerprint density at radius 1 is 1.22 bits per heavy atom. The Labute approximate surface area is 199 Å². The number of nitrogens with zero attached hydrogens (tertiary/aromatic N) is 3. The van der Waals surface area contributed by atoms with Crippen LogP contribution in [-0.4, -0.2) is 39.0 Å². The van der Waals surface area contributed by atoms with E-state index in [4.69, 9.17) is 16.3 Å². The molecule has 0 atom stereocenters. The molecule has 3 aromatic rings. The molecule has 0 aliphatic carbocycles. The highest BCUT2D eigenvalue weighted by molar-refractivity contribution is 7.99. The van der Waals surface area contributed by atoms with Gasteiger partial charge in [0.15, 0.2) is 5.16 Å². The van der Waals surface area contributed by atoms with Crippen LogP contribution in [0.5, 0.6) is 0 Å². The second-order valence-corrected chi connectivity index (χ2v) is 9.48. The molecule has 7 nitrogen and oxygen atoms in total. The maximum absolute atomic E-state index is 12.7. The Kier molecular flexibility index (Phi) is 7.49. The van der Waals surface area contributed by atoms with Gasteiger partial charge in [0.2, 0.25) is 5.91 Å². The monoisotopic (exact) mass is 490 g/mol. The SMILES string of the molecule is CCOC(=O)c1c(-c2ccccc2Cl)csc1NC(=O)CSc1nnc2n1CCCCC2. The highest BCUT2D eigenvalue weighted by Crippen LogP contribution is 2.39. The molecule has 0 saturated heterocycles. The van der Waals surface area contributed by atoms with Crippen LogP contribution in [0.15, 0.2) is 34.8 Å². The van der Waals surface area contributed by atoms with Crippen LogP contribution < -0.4 is 5.32 Å². The summed E-state index contributed by atoms with van der Waals surface area (Å²) in [5.74, 6) is 0.436. The van der Waals surface area contributed by atoms with E-state index >= 15 is 0 Å². The summed E-state index contributed by atoms with van der Waals surface area (Å²) in [4.78, 5) is 25.4. The first kappa shape index (κ1) is 22.8. The van der Waals surface area contributed by atoms with Crippen LogP contribution >= 0.6 is 34.7 Å². The summed E-state index contributed by atoms with van der Waals surface area (Å²) in [7, 11) is 0. The zero-order valence-corrected chi connectivity index (χ0v) is 20.0. The van der Waals surface area contributed by atoms with Gasteiger partial charge in [-0.1, -0.05) is 48.0 Å². The molecule has 0 spiro atoms. The first-order valence-corrected chi connectivity index (χ1v) is 12.7.